The molecule has 1 amide bonds. The number of allylic oxidation sites excluding steroid dienone is 1. The van der Waals surface area contributed by atoms with Gasteiger partial charge in [-0.3, -0.25) is 9.59 Å². The maximum absolute atomic E-state index is 10.8. The molecule has 0 rings (SSSR count). The Morgan fingerprint density at radius 2 is 2.20 bits per heavy atom. The van der Waals surface area contributed by atoms with Crippen molar-refractivity contribution in [1.29, 1.82) is 0 Å². The maximum Gasteiger partial charge on any atom is 0.246 e. The predicted octanol–water partition coefficient (Wildman–Crippen LogP) is 0.220. The van der Waals surface area contributed by atoms with Gasteiger partial charge in [-0.2, -0.15) is 0 Å². The summed E-state index contributed by atoms with van der Waals surface area (Å²) in [7, 11) is 1.68. The zero-order chi connectivity index (χ0) is 7.98. The first-order chi connectivity index (χ1) is 4.72. The Labute approximate surface area is 60.3 Å². The van der Waals surface area contributed by atoms with Gasteiger partial charge in [0.05, 0.1) is 0 Å². The van der Waals surface area contributed by atoms with Crippen LogP contribution in [0.25, 0.3) is 0 Å². The fraction of sp³-hybridized carbons (Fsp3) is 0.429. The summed E-state index contributed by atoms with van der Waals surface area (Å²) >= 11 is 0. The lowest BCUT2D eigenvalue weighted by atomic mass is 10.4. The zero-order valence-electron chi connectivity index (χ0n) is 6.20. The fourth-order valence-electron chi connectivity index (χ4n) is 0.405. The number of likely N-dealkylation sites (N-methyl/N-ethyl adjacent to an activating group) is 1. The number of carbonyl (C=O) groups excluding carboxylic acids is 2. The second-order valence-corrected chi connectivity index (χ2v) is 1.85. The van der Waals surface area contributed by atoms with Crippen LogP contribution in [0.2, 0.25) is 0 Å². The largest absolute Gasteiger partial charge is 0.343 e. The first-order valence-corrected chi connectivity index (χ1v) is 3.09. The maximum atomic E-state index is 10.8. The molecule has 0 radical (unpaired) electrons. The topological polar surface area (TPSA) is 37.4 Å². The van der Waals surface area contributed by atoms with E-state index in [4.69, 9.17) is 0 Å². The van der Waals surface area contributed by atoms with Gasteiger partial charge in [0.2, 0.25) is 5.91 Å². The van der Waals surface area contributed by atoms with Crippen LogP contribution in [-0.4, -0.2) is 30.7 Å². The number of nitrogens with zero attached hydrogens (tertiary/aromatic N) is 1. The minimum absolute atomic E-state index is 0.144. The van der Waals surface area contributed by atoms with Gasteiger partial charge < -0.3 is 4.90 Å². The average Bonchev–Trinajstić information content (AvgIpc) is 1.98. The second kappa shape index (κ2) is 4.73. The van der Waals surface area contributed by atoms with E-state index in [1.807, 2.05) is 6.92 Å². The smallest absolute Gasteiger partial charge is 0.246 e. The molecule has 0 aromatic rings. The molecule has 0 atom stereocenters. The van der Waals surface area contributed by atoms with Crippen molar-refractivity contribution >= 4 is 12.2 Å². The highest BCUT2D eigenvalue weighted by Gasteiger charge is 1.98. The van der Waals surface area contributed by atoms with Crippen LogP contribution in [0.5, 0.6) is 0 Å². The first-order valence-electron chi connectivity index (χ1n) is 3.09. The van der Waals surface area contributed by atoms with Crippen LogP contribution in [0.4, 0.5) is 0 Å². The summed E-state index contributed by atoms with van der Waals surface area (Å²) in [5.74, 6) is -0.144. The van der Waals surface area contributed by atoms with Gasteiger partial charge in [0.1, 0.15) is 6.29 Å². The molecule has 0 saturated carbocycles. The number of hydrogen-bond acceptors (Lipinski definition) is 2. The monoisotopic (exact) mass is 141 g/mol. The molecule has 0 aliphatic heterocycles. The van der Waals surface area contributed by atoms with Crippen LogP contribution in [-0.2, 0) is 9.59 Å². The van der Waals surface area contributed by atoms with Gasteiger partial charge >= 0.3 is 0 Å². The Morgan fingerprint density at radius 3 is 2.60 bits per heavy atom. The zero-order valence-corrected chi connectivity index (χ0v) is 6.20. The number of carbonyl (C=O) groups is 2. The van der Waals surface area contributed by atoms with Gasteiger partial charge in [0.25, 0.3) is 0 Å². The van der Waals surface area contributed by atoms with Crippen LogP contribution in [0.1, 0.15) is 6.92 Å². The molecular weight excluding hydrogens is 130 g/mol. The molecule has 0 heterocycles. The van der Waals surface area contributed by atoms with Crippen LogP contribution >= 0.6 is 0 Å². The molecule has 0 fully saturated rings. The molecule has 3 nitrogen and oxygen atoms in total. The predicted molar refractivity (Wildman–Crippen MR) is 38.5 cm³/mol. The third kappa shape index (κ3) is 3.02. The number of aldehydes is 1. The van der Waals surface area contributed by atoms with E-state index in [9.17, 15) is 9.59 Å². The van der Waals surface area contributed by atoms with E-state index in [0.29, 0.717) is 12.8 Å². The minimum atomic E-state index is -0.144. The van der Waals surface area contributed by atoms with Crippen LogP contribution in [0, 0.1) is 0 Å². The van der Waals surface area contributed by atoms with Crippen LogP contribution in [0.15, 0.2) is 12.2 Å². The average molecular weight is 141 g/mol. The highest BCUT2D eigenvalue weighted by atomic mass is 16.2. The normalized spacial score (nSPS) is 9.80. The third-order valence-electron chi connectivity index (χ3n) is 1.17. The highest BCUT2D eigenvalue weighted by molar-refractivity contribution is 5.90. The first kappa shape index (κ1) is 8.88. The summed E-state index contributed by atoms with van der Waals surface area (Å²) < 4.78 is 0. The third-order valence-corrected chi connectivity index (χ3v) is 1.17. The van der Waals surface area contributed by atoms with E-state index < -0.39 is 0 Å². The molecule has 0 bridgehead atoms. The van der Waals surface area contributed by atoms with E-state index in [2.05, 4.69) is 0 Å². The lowest BCUT2D eigenvalue weighted by molar-refractivity contribution is -0.124. The van der Waals surface area contributed by atoms with Gasteiger partial charge in [-0.05, 0) is 13.0 Å². The van der Waals surface area contributed by atoms with Crippen molar-refractivity contribution in [2.24, 2.45) is 0 Å². The lowest BCUT2D eigenvalue weighted by Gasteiger charge is -2.09. The molecule has 0 N–H and O–H groups in total. The van der Waals surface area contributed by atoms with Gasteiger partial charge in [-0.15, -0.1) is 0 Å². The molecular formula is C7H11NO2. The Kier molecular flexibility index (Phi) is 4.20. The highest BCUT2D eigenvalue weighted by Crippen LogP contribution is 1.83. The number of hydrogen-bond donors (Lipinski definition) is 0. The number of rotatable bonds is 3. The van der Waals surface area contributed by atoms with E-state index >= 15 is 0 Å². The lowest BCUT2D eigenvalue weighted by Crippen LogP contribution is -2.23. The Balaban J connectivity index is 3.83. The summed E-state index contributed by atoms with van der Waals surface area (Å²) in [6.45, 7) is 2.52. The second-order valence-electron chi connectivity index (χ2n) is 1.85. The van der Waals surface area contributed by atoms with Gasteiger partial charge in [-0.1, -0.05) is 0 Å². The molecule has 0 aromatic heterocycles. The van der Waals surface area contributed by atoms with Crippen molar-refractivity contribution in [3.8, 4) is 0 Å². The van der Waals surface area contributed by atoms with Crippen molar-refractivity contribution in [3.63, 3.8) is 0 Å². The summed E-state index contributed by atoms with van der Waals surface area (Å²) in [5.41, 5.74) is 0. The van der Waals surface area contributed by atoms with E-state index in [1.54, 1.807) is 7.05 Å². The standard InChI is InChI=1S/C7H11NO2/c1-3-8(2)7(10)5-4-6-9/h4-6H,3H2,1-2H3. The Bertz CT molecular complexity index is 152. The summed E-state index contributed by atoms with van der Waals surface area (Å²) in [6.07, 6.45) is 3.02. The van der Waals surface area contributed by atoms with Crippen molar-refractivity contribution in [1.82, 2.24) is 4.90 Å². The van der Waals surface area contributed by atoms with Gasteiger partial charge in [0.15, 0.2) is 0 Å². The van der Waals surface area contributed by atoms with Crippen molar-refractivity contribution in [3.05, 3.63) is 12.2 Å². The molecule has 0 spiro atoms. The van der Waals surface area contributed by atoms with Gasteiger partial charge in [0, 0.05) is 19.7 Å². The van der Waals surface area contributed by atoms with Crippen molar-refractivity contribution in [2.75, 3.05) is 13.6 Å². The fourth-order valence-corrected chi connectivity index (χ4v) is 0.405. The van der Waals surface area contributed by atoms with E-state index in [-0.39, 0.29) is 5.91 Å². The summed E-state index contributed by atoms with van der Waals surface area (Å²) in [4.78, 5) is 22.1. The summed E-state index contributed by atoms with van der Waals surface area (Å²) in [6, 6.07) is 0. The van der Waals surface area contributed by atoms with Crippen LogP contribution < -0.4 is 0 Å². The molecule has 10 heavy (non-hydrogen) atoms. The van der Waals surface area contributed by atoms with Crippen LogP contribution in [0.3, 0.4) is 0 Å². The Hall–Kier alpha value is -1.12. The molecule has 0 saturated heterocycles. The van der Waals surface area contributed by atoms with Crippen molar-refractivity contribution in [2.45, 2.75) is 6.92 Å². The SMILES string of the molecule is CCN(C)C(=O)C=CC=O. The molecule has 56 valence electrons. The molecule has 0 aromatic carbocycles. The quantitative estimate of drug-likeness (QED) is 0.416. The minimum Gasteiger partial charge on any atom is -0.343 e. The summed E-state index contributed by atoms with van der Waals surface area (Å²) in [5, 5.41) is 0. The van der Waals surface area contributed by atoms with E-state index in [1.165, 1.54) is 17.1 Å². The van der Waals surface area contributed by atoms with Gasteiger partial charge in [-0.25, -0.2) is 0 Å². The molecule has 0 unspecified atom stereocenters. The van der Waals surface area contributed by atoms with Crippen molar-refractivity contribution < 1.29 is 9.59 Å². The van der Waals surface area contributed by atoms with E-state index in [0.717, 1.165) is 0 Å². The molecule has 3 heteroatoms. The number of amides is 1. The molecule has 0 aliphatic rings. The Morgan fingerprint density at radius 1 is 1.60 bits per heavy atom. The molecule has 0 aliphatic carbocycles.